The van der Waals surface area contributed by atoms with E-state index in [1.165, 1.54) is 6.21 Å². The molecule has 1 rings (SSSR count). The zero-order valence-electron chi connectivity index (χ0n) is 9.57. The third-order valence-corrected chi connectivity index (χ3v) is 2.32. The molecule has 1 amide bonds. The Labute approximate surface area is 108 Å². The lowest BCUT2D eigenvalue weighted by Gasteiger charge is -2.04. The molecule has 1 aromatic carbocycles. The summed E-state index contributed by atoms with van der Waals surface area (Å²) in [5.74, 6) is 0.669. The van der Waals surface area contributed by atoms with Crippen LogP contribution >= 0.6 is 15.9 Å². The molecular weight excluding hydrogens is 288 g/mol. The normalized spacial score (nSPS) is 10.3. The van der Waals surface area contributed by atoms with Gasteiger partial charge >= 0.3 is 6.09 Å². The van der Waals surface area contributed by atoms with Crippen molar-refractivity contribution in [3.8, 4) is 5.75 Å². The van der Waals surface area contributed by atoms with E-state index in [4.69, 9.17) is 4.74 Å². The second-order valence-corrected chi connectivity index (χ2v) is 3.89. The molecule has 0 aliphatic heterocycles. The molecule has 0 saturated carbocycles. The van der Waals surface area contributed by atoms with Crippen molar-refractivity contribution in [3.63, 3.8) is 0 Å². The first-order valence-electron chi connectivity index (χ1n) is 4.96. The van der Waals surface area contributed by atoms with E-state index in [9.17, 15) is 4.79 Å². The molecule has 0 fully saturated rings. The quantitative estimate of drug-likeness (QED) is 0.686. The van der Waals surface area contributed by atoms with Crippen LogP contribution in [0.2, 0.25) is 0 Å². The molecule has 0 aliphatic carbocycles. The molecule has 1 N–H and O–H groups in total. The van der Waals surface area contributed by atoms with Crippen LogP contribution in [0.3, 0.4) is 0 Å². The van der Waals surface area contributed by atoms with Gasteiger partial charge in [-0.05, 0) is 25.1 Å². The van der Waals surface area contributed by atoms with Gasteiger partial charge in [-0.2, -0.15) is 5.10 Å². The summed E-state index contributed by atoms with van der Waals surface area (Å²) >= 11 is 3.34. The highest BCUT2D eigenvalue weighted by Gasteiger charge is 2.01. The smallest absolute Gasteiger partial charge is 0.427 e. The summed E-state index contributed by atoms with van der Waals surface area (Å²) in [4.78, 5) is 11.0. The molecule has 5 nitrogen and oxygen atoms in total. The SMILES string of the molecule is CCOC(=O)N/N=C\c1cc(Br)ccc1OC. The molecule has 0 saturated heterocycles. The number of carbonyl (C=O) groups excluding carboxylic acids is 1. The molecule has 0 unspecified atom stereocenters. The van der Waals surface area contributed by atoms with Crippen LogP contribution < -0.4 is 10.2 Å². The average molecular weight is 301 g/mol. The zero-order chi connectivity index (χ0) is 12.7. The highest BCUT2D eigenvalue weighted by atomic mass is 79.9. The standard InChI is InChI=1S/C11H13BrN2O3/c1-3-17-11(15)14-13-7-8-6-9(12)4-5-10(8)16-2/h4-7H,3H2,1-2H3,(H,14,15)/b13-7-. The lowest BCUT2D eigenvalue weighted by Crippen LogP contribution is -2.18. The summed E-state index contributed by atoms with van der Waals surface area (Å²) in [5.41, 5.74) is 2.99. The number of halogens is 1. The Morgan fingerprint density at radius 1 is 1.59 bits per heavy atom. The van der Waals surface area contributed by atoms with Crippen LogP contribution in [0.4, 0.5) is 4.79 Å². The van der Waals surface area contributed by atoms with Crippen molar-refractivity contribution in [1.82, 2.24) is 5.43 Å². The fraction of sp³-hybridized carbons (Fsp3) is 0.273. The lowest BCUT2D eigenvalue weighted by molar-refractivity contribution is 0.152. The number of nitrogens with one attached hydrogen (secondary N) is 1. The molecule has 0 bridgehead atoms. The Morgan fingerprint density at radius 3 is 3.00 bits per heavy atom. The lowest BCUT2D eigenvalue weighted by atomic mass is 10.2. The average Bonchev–Trinajstić information content (AvgIpc) is 2.30. The first-order chi connectivity index (χ1) is 8.17. The number of rotatable bonds is 4. The van der Waals surface area contributed by atoms with Crippen molar-refractivity contribution >= 4 is 28.2 Å². The molecule has 0 atom stereocenters. The molecule has 0 aromatic heterocycles. The van der Waals surface area contributed by atoms with E-state index in [1.807, 2.05) is 12.1 Å². The summed E-state index contributed by atoms with van der Waals surface area (Å²) in [7, 11) is 1.57. The third kappa shape index (κ3) is 4.44. The first-order valence-corrected chi connectivity index (χ1v) is 5.76. The van der Waals surface area contributed by atoms with Crippen LogP contribution in [-0.4, -0.2) is 26.0 Å². The summed E-state index contributed by atoms with van der Waals surface area (Å²) in [5, 5.41) is 3.76. The van der Waals surface area contributed by atoms with E-state index in [0.717, 1.165) is 10.0 Å². The topological polar surface area (TPSA) is 59.9 Å². The Kier molecular flexibility index (Phi) is 5.48. The van der Waals surface area contributed by atoms with Crippen LogP contribution in [0.5, 0.6) is 5.75 Å². The maximum absolute atomic E-state index is 11.0. The van der Waals surface area contributed by atoms with Crippen molar-refractivity contribution in [2.24, 2.45) is 5.10 Å². The predicted octanol–water partition coefficient (Wildman–Crippen LogP) is 2.54. The Hall–Kier alpha value is -1.56. The molecule has 1 aromatic rings. The highest BCUT2D eigenvalue weighted by Crippen LogP contribution is 2.21. The van der Waals surface area contributed by atoms with Crippen LogP contribution in [0.25, 0.3) is 0 Å². The van der Waals surface area contributed by atoms with Gasteiger partial charge in [-0.15, -0.1) is 0 Å². The summed E-state index contributed by atoms with van der Waals surface area (Å²) in [6.45, 7) is 2.03. The van der Waals surface area contributed by atoms with Gasteiger partial charge in [0, 0.05) is 10.0 Å². The second-order valence-electron chi connectivity index (χ2n) is 2.98. The molecular formula is C11H13BrN2O3. The summed E-state index contributed by atoms with van der Waals surface area (Å²) < 4.78 is 10.7. The summed E-state index contributed by atoms with van der Waals surface area (Å²) in [6, 6.07) is 5.49. The second kappa shape index (κ2) is 6.90. The van der Waals surface area contributed by atoms with Crippen molar-refractivity contribution in [2.75, 3.05) is 13.7 Å². The van der Waals surface area contributed by atoms with Gasteiger partial charge in [0.25, 0.3) is 0 Å². The van der Waals surface area contributed by atoms with Gasteiger partial charge in [-0.25, -0.2) is 10.2 Å². The maximum Gasteiger partial charge on any atom is 0.427 e. The number of hydrazone groups is 1. The fourth-order valence-electron chi connectivity index (χ4n) is 1.12. The van der Waals surface area contributed by atoms with Gasteiger partial charge < -0.3 is 9.47 Å². The van der Waals surface area contributed by atoms with E-state index in [-0.39, 0.29) is 0 Å². The predicted molar refractivity (Wildman–Crippen MR) is 68.4 cm³/mol. The van der Waals surface area contributed by atoms with Crippen LogP contribution in [0.1, 0.15) is 12.5 Å². The number of ether oxygens (including phenoxy) is 2. The van der Waals surface area contributed by atoms with Crippen molar-refractivity contribution < 1.29 is 14.3 Å². The van der Waals surface area contributed by atoms with Crippen molar-refractivity contribution in [2.45, 2.75) is 6.92 Å². The van der Waals surface area contributed by atoms with Crippen LogP contribution in [0, 0.1) is 0 Å². The largest absolute Gasteiger partial charge is 0.496 e. The summed E-state index contributed by atoms with van der Waals surface area (Å²) in [6.07, 6.45) is 0.901. The van der Waals surface area contributed by atoms with Crippen molar-refractivity contribution in [1.29, 1.82) is 0 Å². The van der Waals surface area contributed by atoms with E-state index in [1.54, 1.807) is 20.1 Å². The molecule has 17 heavy (non-hydrogen) atoms. The van der Waals surface area contributed by atoms with Gasteiger partial charge in [0.05, 0.1) is 19.9 Å². The first kappa shape index (κ1) is 13.5. The van der Waals surface area contributed by atoms with Crippen LogP contribution in [-0.2, 0) is 4.74 Å². The minimum atomic E-state index is -0.585. The van der Waals surface area contributed by atoms with Gasteiger partial charge in [0.1, 0.15) is 5.75 Å². The van der Waals surface area contributed by atoms with Crippen molar-refractivity contribution in [3.05, 3.63) is 28.2 Å². The molecule has 0 spiro atoms. The molecule has 92 valence electrons. The number of carbonyl (C=O) groups is 1. The number of nitrogens with zero attached hydrogens (tertiary/aromatic N) is 1. The zero-order valence-corrected chi connectivity index (χ0v) is 11.2. The Bertz CT molecular complexity index is 421. The van der Waals surface area contributed by atoms with Crippen LogP contribution in [0.15, 0.2) is 27.8 Å². The minimum Gasteiger partial charge on any atom is -0.496 e. The van der Waals surface area contributed by atoms with Gasteiger partial charge in [-0.1, -0.05) is 15.9 Å². The van der Waals surface area contributed by atoms with Gasteiger partial charge in [-0.3, -0.25) is 0 Å². The Balaban J connectivity index is 2.70. The molecule has 0 aliphatic rings. The van der Waals surface area contributed by atoms with E-state index >= 15 is 0 Å². The van der Waals surface area contributed by atoms with Gasteiger partial charge in [0.15, 0.2) is 0 Å². The maximum atomic E-state index is 11.0. The molecule has 0 heterocycles. The van der Waals surface area contributed by atoms with E-state index in [0.29, 0.717) is 12.4 Å². The number of hydrogen-bond donors (Lipinski definition) is 1. The van der Waals surface area contributed by atoms with E-state index < -0.39 is 6.09 Å². The highest BCUT2D eigenvalue weighted by molar-refractivity contribution is 9.10. The molecule has 6 heteroatoms. The Morgan fingerprint density at radius 2 is 2.35 bits per heavy atom. The fourth-order valence-corrected chi connectivity index (χ4v) is 1.50. The minimum absolute atomic E-state index is 0.307. The monoisotopic (exact) mass is 300 g/mol. The third-order valence-electron chi connectivity index (χ3n) is 1.83. The molecule has 0 radical (unpaired) electrons. The number of methoxy groups -OCH3 is 1. The van der Waals surface area contributed by atoms with E-state index in [2.05, 4.69) is 31.2 Å². The number of hydrogen-bond acceptors (Lipinski definition) is 4. The van der Waals surface area contributed by atoms with Gasteiger partial charge in [0.2, 0.25) is 0 Å². The number of benzene rings is 1. The number of amides is 1.